The minimum Gasteiger partial charge on any atom is -0.477 e. The molecule has 88 valence electrons. The first-order valence-electron chi connectivity index (χ1n) is 5.16. The number of rotatable bonds is 3. The Labute approximate surface area is 104 Å². The number of nitrogen functional groups attached to an aromatic ring is 1. The van der Waals surface area contributed by atoms with Crippen molar-refractivity contribution in [2.24, 2.45) is 0 Å². The predicted molar refractivity (Wildman–Crippen MR) is 67.1 cm³/mol. The summed E-state index contributed by atoms with van der Waals surface area (Å²) in [5.74, 6) is 0.305. The molecule has 2 heterocycles. The van der Waals surface area contributed by atoms with Crippen molar-refractivity contribution in [3.05, 3.63) is 28.9 Å². The summed E-state index contributed by atoms with van der Waals surface area (Å²) < 4.78 is 5.34. The number of hydrogen-bond acceptors (Lipinski definition) is 6. The standard InChI is InChI=1S/C11H12N4OS/c1-2-16-10-7(6-12)8(13)5-9(15-10)11-14-3-4-17-11/h3-5,11,14H,2H2,1H3,(H2,13,15). The van der Waals surface area contributed by atoms with E-state index in [1.807, 2.05) is 24.6 Å². The first kappa shape index (κ1) is 11.6. The average Bonchev–Trinajstić information content (AvgIpc) is 2.82. The number of nitriles is 1. The SMILES string of the molecule is CCOc1nc(C2NC=CS2)cc(N)c1C#N. The number of nitrogens with zero attached hydrogens (tertiary/aromatic N) is 2. The smallest absolute Gasteiger partial charge is 0.234 e. The number of pyridine rings is 1. The van der Waals surface area contributed by atoms with Crippen LogP contribution in [0, 0.1) is 11.3 Å². The third-order valence-electron chi connectivity index (χ3n) is 2.23. The lowest BCUT2D eigenvalue weighted by molar-refractivity contribution is 0.325. The van der Waals surface area contributed by atoms with Crippen LogP contribution < -0.4 is 15.8 Å². The summed E-state index contributed by atoms with van der Waals surface area (Å²) >= 11 is 1.60. The van der Waals surface area contributed by atoms with Crippen LogP contribution in [-0.2, 0) is 0 Å². The third kappa shape index (κ3) is 2.29. The topological polar surface area (TPSA) is 84.0 Å². The third-order valence-corrected chi connectivity index (χ3v) is 3.17. The first-order valence-corrected chi connectivity index (χ1v) is 6.10. The minimum atomic E-state index is 0.0317. The molecule has 2 rings (SSSR count). The van der Waals surface area contributed by atoms with Crippen molar-refractivity contribution in [1.29, 1.82) is 5.26 Å². The van der Waals surface area contributed by atoms with Gasteiger partial charge in [-0.25, -0.2) is 4.98 Å². The molecule has 17 heavy (non-hydrogen) atoms. The van der Waals surface area contributed by atoms with Crippen molar-refractivity contribution in [2.75, 3.05) is 12.3 Å². The zero-order chi connectivity index (χ0) is 12.3. The van der Waals surface area contributed by atoms with Gasteiger partial charge in [-0.15, -0.1) is 11.8 Å². The Morgan fingerprint density at radius 2 is 2.53 bits per heavy atom. The van der Waals surface area contributed by atoms with Gasteiger partial charge in [-0.2, -0.15) is 5.26 Å². The van der Waals surface area contributed by atoms with Gasteiger partial charge in [0, 0.05) is 6.20 Å². The number of anilines is 1. The fourth-order valence-electron chi connectivity index (χ4n) is 1.49. The van der Waals surface area contributed by atoms with E-state index in [4.69, 9.17) is 15.7 Å². The second-order valence-electron chi connectivity index (χ2n) is 3.35. The first-order chi connectivity index (χ1) is 8.26. The molecule has 0 saturated carbocycles. The van der Waals surface area contributed by atoms with E-state index in [1.165, 1.54) is 0 Å². The van der Waals surface area contributed by atoms with Crippen LogP contribution in [0.25, 0.3) is 0 Å². The zero-order valence-electron chi connectivity index (χ0n) is 9.30. The molecule has 1 aromatic heterocycles. The normalized spacial score (nSPS) is 17.5. The van der Waals surface area contributed by atoms with Crippen molar-refractivity contribution in [3.63, 3.8) is 0 Å². The van der Waals surface area contributed by atoms with Gasteiger partial charge in [0.1, 0.15) is 17.0 Å². The fourth-order valence-corrected chi connectivity index (χ4v) is 2.22. The molecular weight excluding hydrogens is 236 g/mol. The minimum absolute atomic E-state index is 0.0317. The average molecular weight is 248 g/mol. The summed E-state index contributed by atoms with van der Waals surface area (Å²) in [5.41, 5.74) is 7.29. The second kappa shape index (κ2) is 4.97. The Kier molecular flexibility index (Phi) is 3.40. The van der Waals surface area contributed by atoms with Gasteiger partial charge >= 0.3 is 0 Å². The van der Waals surface area contributed by atoms with E-state index < -0.39 is 0 Å². The summed E-state index contributed by atoms with van der Waals surface area (Å²) in [4.78, 5) is 4.33. The molecule has 3 N–H and O–H groups in total. The maximum absolute atomic E-state index is 9.00. The molecule has 1 unspecified atom stereocenters. The van der Waals surface area contributed by atoms with Crippen molar-refractivity contribution in [2.45, 2.75) is 12.3 Å². The Hall–Kier alpha value is -1.87. The van der Waals surface area contributed by atoms with Crippen molar-refractivity contribution in [3.8, 4) is 11.9 Å². The number of nitrogens with two attached hydrogens (primary N) is 1. The number of ether oxygens (including phenoxy) is 1. The predicted octanol–water partition coefficient (Wildman–Crippen LogP) is 1.74. The van der Waals surface area contributed by atoms with Crippen molar-refractivity contribution >= 4 is 17.4 Å². The van der Waals surface area contributed by atoms with Crippen LogP contribution in [0.3, 0.4) is 0 Å². The van der Waals surface area contributed by atoms with Crippen LogP contribution in [0.2, 0.25) is 0 Å². The number of aromatic nitrogens is 1. The lowest BCUT2D eigenvalue weighted by atomic mass is 10.2. The summed E-state index contributed by atoms with van der Waals surface area (Å²) in [6.45, 7) is 2.30. The van der Waals surface area contributed by atoms with E-state index in [0.717, 1.165) is 5.69 Å². The largest absolute Gasteiger partial charge is 0.477 e. The fraction of sp³-hybridized carbons (Fsp3) is 0.273. The second-order valence-corrected chi connectivity index (χ2v) is 4.36. The lowest BCUT2D eigenvalue weighted by Gasteiger charge is -2.13. The molecule has 0 fully saturated rings. The van der Waals surface area contributed by atoms with Crippen LogP contribution >= 0.6 is 11.8 Å². The molecule has 0 aromatic carbocycles. The molecular formula is C11H12N4OS. The van der Waals surface area contributed by atoms with Gasteiger partial charge in [0.2, 0.25) is 5.88 Å². The molecule has 0 aliphatic carbocycles. The molecule has 0 spiro atoms. The highest BCUT2D eigenvalue weighted by atomic mass is 32.2. The molecule has 5 nitrogen and oxygen atoms in total. The molecule has 1 aliphatic heterocycles. The molecule has 1 atom stereocenters. The van der Waals surface area contributed by atoms with Crippen LogP contribution in [0.5, 0.6) is 5.88 Å². The van der Waals surface area contributed by atoms with Gasteiger partial charge in [-0.05, 0) is 18.4 Å². The van der Waals surface area contributed by atoms with Crippen molar-refractivity contribution < 1.29 is 4.74 Å². The molecule has 0 bridgehead atoms. The molecule has 0 radical (unpaired) electrons. The number of thioether (sulfide) groups is 1. The molecule has 6 heteroatoms. The van der Waals surface area contributed by atoms with Gasteiger partial charge in [0.25, 0.3) is 0 Å². The maximum Gasteiger partial charge on any atom is 0.234 e. The van der Waals surface area contributed by atoms with Gasteiger partial charge in [-0.1, -0.05) is 0 Å². The molecule has 0 saturated heterocycles. The van der Waals surface area contributed by atoms with Crippen LogP contribution in [0.1, 0.15) is 23.6 Å². The summed E-state index contributed by atoms with van der Waals surface area (Å²) in [6, 6.07) is 3.72. The Balaban J connectivity index is 2.39. The van der Waals surface area contributed by atoms with Gasteiger partial charge < -0.3 is 15.8 Å². The Morgan fingerprint density at radius 3 is 3.12 bits per heavy atom. The van der Waals surface area contributed by atoms with Gasteiger partial charge in [0.05, 0.1) is 18.0 Å². The lowest BCUT2D eigenvalue weighted by Crippen LogP contribution is -2.11. The van der Waals surface area contributed by atoms with Crippen LogP contribution in [0.4, 0.5) is 5.69 Å². The van der Waals surface area contributed by atoms with E-state index in [-0.39, 0.29) is 5.37 Å². The summed E-state index contributed by atoms with van der Waals surface area (Å²) in [6.07, 6.45) is 1.85. The zero-order valence-corrected chi connectivity index (χ0v) is 10.1. The van der Waals surface area contributed by atoms with E-state index in [1.54, 1.807) is 17.8 Å². The quantitative estimate of drug-likeness (QED) is 0.847. The van der Waals surface area contributed by atoms with Gasteiger partial charge in [-0.3, -0.25) is 0 Å². The maximum atomic E-state index is 9.00. The van der Waals surface area contributed by atoms with Gasteiger partial charge in [0.15, 0.2) is 0 Å². The molecule has 0 amide bonds. The summed E-state index contributed by atoms with van der Waals surface area (Å²) in [5, 5.41) is 14.1. The van der Waals surface area contributed by atoms with Crippen molar-refractivity contribution in [1.82, 2.24) is 10.3 Å². The highest BCUT2D eigenvalue weighted by Gasteiger charge is 2.19. The van der Waals surface area contributed by atoms with Crippen LogP contribution in [0.15, 0.2) is 17.7 Å². The molecule has 1 aliphatic rings. The van der Waals surface area contributed by atoms with Crippen LogP contribution in [-0.4, -0.2) is 11.6 Å². The summed E-state index contributed by atoms with van der Waals surface area (Å²) in [7, 11) is 0. The Bertz CT molecular complexity index is 487. The monoisotopic (exact) mass is 248 g/mol. The number of hydrogen-bond donors (Lipinski definition) is 2. The van der Waals surface area contributed by atoms with E-state index in [9.17, 15) is 0 Å². The Morgan fingerprint density at radius 1 is 1.71 bits per heavy atom. The number of nitrogens with one attached hydrogen (secondary N) is 1. The highest BCUT2D eigenvalue weighted by molar-refractivity contribution is 8.02. The highest BCUT2D eigenvalue weighted by Crippen LogP contribution is 2.33. The van der Waals surface area contributed by atoms with E-state index in [0.29, 0.717) is 23.7 Å². The van der Waals surface area contributed by atoms with E-state index >= 15 is 0 Å². The van der Waals surface area contributed by atoms with E-state index in [2.05, 4.69) is 10.3 Å². The molecule has 1 aromatic rings.